The number of carbonyl (C=O) groups is 1. The maximum Gasteiger partial charge on any atom is 0.303 e. The Morgan fingerprint density at radius 3 is 2.41 bits per heavy atom. The number of rotatable bonds is 6. The van der Waals surface area contributed by atoms with Crippen LogP contribution >= 0.6 is 0 Å². The van der Waals surface area contributed by atoms with E-state index in [1.807, 2.05) is 0 Å². The summed E-state index contributed by atoms with van der Waals surface area (Å²) in [6.07, 6.45) is 1.55. The fourth-order valence-electron chi connectivity index (χ4n) is 1.55. The van der Waals surface area contributed by atoms with Crippen molar-refractivity contribution in [3.05, 3.63) is 29.8 Å². The van der Waals surface area contributed by atoms with Gasteiger partial charge in [-0.3, -0.25) is 9.35 Å². The van der Waals surface area contributed by atoms with Crippen molar-refractivity contribution >= 4 is 16.1 Å². The van der Waals surface area contributed by atoms with Gasteiger partial charge in [-0.2, -0.15) is 8.42 Å². The normalized spacial score (nSPS) is 11.4. The van der Waals surface area contributed by atoms with Crippen molar-refractivity contribution in [2.45, 2.75) is 30.6 Å². The largest absolute Gasteiger partial charge is 0.481 e. The number of carboxylic acids is 1. The first-order valence-corrected chi connectivity index (χ1v) is 6.62. The number of hydrogen-bond donors (Lipinski definition) is 2. The quantitative estimate of drug-likeness (QED) is 0.599. The fourth-order valence-corrected chi connectivity index (χ4v) is 2.31. The molecular formula is C11H14O5S. The summed E-state index contributed by atoms with van der Waals surface area (Å²) < 4.78 is 31.1. The standard InChI is InChI=1S/C11H14O5S/c12-11(13)8-4-2-6-9-5-1-3-7-10(9)17(14,15)16/h1,3,5,7H,2,4,6,8H2,(H,12,13)(H,14,15,16). The zero-order chi connectivity index (χ0) is 12.9. The van der Waals surface area contributed by atoms with E-state index in [4.69, 9.17) is 9.66 Å². The van der Waals surface area contributed by atoms with Crippen LogP contribution < -0.4 is 0 Å². The number of hydrogen-bond acceptors (Lipinski definition) is 3. The van der Waals surface area contributed by atoms with Gasteiger partial charge in [0.05, 0.1) is 4.90 Å². The van der Waals surface area contributed by atoms with Crippen molar-refractivity contribution < 1.29 is 22.9 Å². The van der Waals surface area contributed by atoms with Crippen molar-refractivity contribution in [3.8, 4) is 0 Å². The Kier molecular flexibility index (Phi) is 4.65. The minimum absolute atomic E-state index is 0.0635. The van der Waals surface area contributed by atoms with Gasteiger partial charge in [-0.25, -0.2) is 0 Å². The summed E-state index contributed by atoms with van der Waals surface area (Å²) in [5, 5.41) is 8.46. The first-order valence-electron chi connectivity index (χ1n) is 5.18. The summed E-state index contributed by atoms with van der Waals surface area (Å²) in [4.78, 5) is 10.2. The van der Waals surface area contributed by atoms with Crippen LogP contribution in [0.25, 0.3) is 0 Å². The van der Waals surface area contributed by atoms with E-state index in [1.165, 1.54) is 12.1 Å². The Bertz CT molecular complexity index is 492. The van der Waals surface area contributed by atoms with E-state index < -0.39 is 16.1 Å². The summed E-state index contributed by atoms with van der Waals surface area (Å²) in [7, 11) is -4.20. The summed E-state index contributed by atoms with van der Waals surface area (Å²) in [6, 6.07) is 6.16. The molecule has 0 saturated heterocycles. The van der Waals surface area contributed by atoms with Gasteiger partial charge in [0, 0.05) is 6.42 Å². The number of benzene rings is 1. The molecule has 0 bridgehead atoms. The molecule has 0 aliphatic rings. The van der Waals surface area contributed by atoms with E-state index in [0.717, 1.165) is 0 Å². The predicted molar refractivity (Wildman–Crippen MR) is 61.4 cm³/mol. The van der Waals surface area contributed by atoms with E-state index in [1.54, 1.807) is 12.1 Å². The Labute approximate surface area is 99.8 Å². The number of aliphatic carboxylic acids is 1. The average Bonchev–Trinajstić information content (AvgIpc) is 2.23. The van der Waals surface area contributed by atoms with Crippen LogP contribution in [0.4, 0.5) is 0 Å². The molecule has 1 aromatic carbocycles. The Morgan fingerprint density at radius 2 is 1.82 bits per heavy atom. The van der Waals surface area contributed by atoms with Crippen molar-refractivity contribution in [2.75, 3.05) is 0 Å². The van der Waals surface area contributed by atoms with Gasteiger partial charge in [0.25, 0.3) is 10.1 Å². The lowest BCUT2D eigenvalue weighted by Crippen LogP contribution is -2.03. The lowest BCUT2D eigenvalue weighted by Gasteiger charge is -2.05. The molecule has 0 amide bonds. The molecule has 1 rings (SSSR count). The molecule has 0 aliphatic heterocycles. The van der Waals surface area contributed by atoms with E-state index in [0.29, 0.717) is 24.8 Å². The molecule has 0 radical (unpaired) electrons. The highest BCUT2D eigenvalue weighted by atomic mass is 32.2. The van der Waals surface area contributed by atoms with Crippen LogP contribution in [0.3, 0.4) is 0 Å². The van der Waals surface area contributed by atoms with Crippen molar-refractivity contribution in [2.24, 2.45) is 0 Å². The monoisotopic (exact) mass is 258 g/mol. The van der Waals surface area contributed by atoms with Crippen LogP contribution in [0, 0.1) is 0 Å². The Hall–Kier alpha value is -1.40. The van der Waals surface area contributed by atoms with Gasteiger partial charge in [0.2, 0.25) is 0 Å². The molecule has 0 unspecified atom stereocenters. The van der Waals surface area contributed by atoms with Gasteiger partial charge in [-0.1, -0.05) is 18.2 Å². The summed E-state index contributed by atoms with van der Waals surface area (Å²) >= 11 is 0. The SMILES string of the molecule is O=C(O)CCCCc1ccccc1S(=O)(=O)O. The number of unbranched alkanes of at least 4 members (excludes halogenated alkanes) is 1. The predicted octanol–water partition coefficient (Wildman–Crippen LogP) is 1.73. The third-order valence-electron chi connectivity index (χ3n) is 2.34. The zero-order valence-electron chi connectivity index (χ0n) is 9.17. The van der Waals surface area contributed by atoms with Crippen LogP contribution in [-0.4, -0.2) is 24.0 Å². The van der Waals surface area contributed by atoms with E-state index in [-0.39, 0.29) is 11.3 Å². The van der Waals surface area contributed by atoms with Gasteiger partial charge >= 0.3 is 5.97 Å². The molecule has 94 valence electrons. The molecular weight excluding hydrogens is 244 g/mol. The molecule has 1 aromatic rings. The van der Waals surface area contributed by atoms with Gasteiger partial charge in [-0.05, 0) is 30.9 Å². The van der Waals surface area contributed by atoms with Gasteiger partial charge in [0.15, 0.2) is 0 Å². The minimum Gasteiger partial charge on any atom is -0.481 e. The van der Waals surface area contributed by atoms with Gasteiger partial charge in [0.1, 0.15) is 0 Å². The van der Waals surface area contributed by atoms with Crippen molar-refractivity contribution in [1.82, 2.24) is 0 Å². The smallest absolute Gasteiger partial charge is 0.303 e. The summed E-state index contributed by atoms with van der Waals surface area (Å²) in [5.41, 5.74) is 0.514. The second-order valence-electron chi connectivity index (χ2n) is 3.68. The maximum absolute atomic E-state index is 11.1. The molecule has 0 aliphatic carbocycles. The van der Waals surface area contributed by atoms with Gasteiger partial charge in [-0.15, -0.1) is 0 Å². The second kappa shape index (κ2) is 5.79. The molecule has 0 atom stereocenters. The topological polar surface area (TPSA) is 91.7 Å². The molecule has 0 heterocycles. The van der Waals surface area contributed by atoms with Crippen LogP contribution in [0.5, 0.6) is 0 Å². The third-order valence-corrected chi connectivity index (χ3v) is 3.29. The van der Waals surface area contributed by atoms with E-state index >= 15 is 0 Å². The molecule has 17 heavy (non-hydrogen) atoms. The van der Waals surface area contributed by atoms with Crippen molar-refractivity contribution in [3.63, 3.8) is 0 Å². The Balaban J connectivity index is 2.68. The van der Waals surface area contributed by atoms with Crippen LogP contribution in [0.15, 0.2) is 29.2 Å². The molecule has 0 spiro atoms. The molecule has 0 fully saturated rings. The van der Waals surface area contributed by atoms with Gasteiger partial charge < -0.3 is 5.11 Å². The first kappa shape index (κ1) is 13.7. The maximum atomic E-state index is 11.1. The highest BCUT2D eigenvalue weighted by Crippen LogP contribution is 2.17. The molecule has 2 N–H and O–H groups in total. The van der Waals surface area contributed by atoms with Crippen molar-refractivity contribution in [1.29, 1.82) is 0 Å². The van der Waals surface area contributed by atoms with Crippen LogP contribution in [0.2, 0.25) is 0 Å². The highest BCUT2D eigenvalue weighted by molar-refractivity contribution is 7.85. The fraction of sp³-hybridized carbons (Fsp3) is 0.364. The summed E-state index contributed by atoms with van der Waals surface area (Å²) in [6.45, 7) is 0. The molecule has 0 aromatic heterocycles. The van der Waals surface area contributed by atoms with Crippen LogP contribution in [0.1, 0.15) is 24.8 Å². The number of aryl methyl sites for hydroxylation is 1. The second-order valence-corrected chi connectivity index (χ2v) is 5.07. The minimum atomic E-state index is -4.20. The lowest BCUT2D eigenvalue weighted by atomic mass is 10.1. The molecule has 0 saturated carbocycles. The van der Waals surface area contributed by atoms with E-state index in [9.17, 15) is 13.2 Å². The molecule has 5 nitrogen and oxygen atoms in total. The Morgan fingerprint density at radius 1 is 1.18 bits per heavy atom. The first-order chi connectivity index (χ1) is 7.91. The average molecular weight is 258 g/mol. The lowest BCUT2D eigenvalue weighted by molar-refractivity contribution is -0.137. The van der Waals surface area contributed by atoms with Crippen LogP contribution in [-0.2, 0) is 21.3 Å². The molecule has 6 heteroatoms. The van der Waals surface area contributed by atoms with E-state index in [2.05, 4.69) is 0 Å². The highest BCUT2D eigenvalue weighted by Gasteiger charge is 2.13. The third kappa shape index (κ3) is 4.54. The number of carboxylic acid groups (broad SMARTS) is 1. The zero-order valence-corrected chi connectivity index (χ0v) is 9.98. The summed E-state index contributed by atoms with van der Waals surface area (Å²) in [5.74, 6) is -0.868.